The second-order valence-electron chi connectivity index (χ2n) is 28.3. The molecule has 6 heterocycles. The number of carbonyl (C=O) groups is 1. The van der Waals surface area contributed by atoms with Crippen LogP contribution in [0.2, 0.25) is 0 Å². The average molecular weight is 1270 g/mol. The zero-order valence-electron chi connectivity index (χ0n) is 51.5. The molecule has 0 aromatic heterocycles. The fraction of sp³-hybridized carbons (Fsp3) is 0.950. The van der Waals surface area contributed by atoms with Crippen LogP contribution in [0.25, 0.3) is 0 Å². The first-order valence-electron chi connectivity index (χ1n) is 31.4. The molecule has 0 bridgehead atoms. The molecular weight excluding hydrogens is 1170 g/mol. The molecule has 0 unspecified atom stereocenters. The van der Waals surface area contributed by atoms with Gasteiger partial charge in [0.25, 0.3) is 0 Å². The van der Waals surface area contributed by atoms with Gasteiger partial charge in [-0.05, 0) is 99.2 Å². The molecule has 28 nitrogen and oxygen atoms in total. The van der Waals surface area contributed by atoms with Crippen LogP contribution in [0.15, 0.2) is 11.6 Å². The fourth-order valence-corrected chi connectivity index (χ4v) is 17.6. The zero-order valence-corrected chi connectivity index (χ0v) is 51.5. The molecule has 506 valence electrons. The number of rotatable bonds is 18. The van der Waals surface area contributed by atoms with Gasteiger partial charge in [-0.15, -0.1) is 0 Å². The molecule has 88 heavy (non-hydrogen) atoms. The topological polar surface area (TPSA) is 431 Å². The molecular formula is C60H98O28. The van der Waals surface area contributed by atoms with Crippen molar-refractivity contribution < 1.29 is 138 Å². The Hall–Kier alpha value is -1.83. The van der Waals surface area contributed by atoms with E-state index in [-0.39, 0.29) is 11.8 Å². The molecule has 3 saturated carbocycles. The minimum Gasteiger partial charge on any atom is -0.456 e. The fourth-order valence-electron chi connectivity index (χ4n) is 17.6. The summed E-state index contributed by atoms with van der Waals surface area (Å²) in [5, 5.41) is 167. The maximum absolute atomic E-state index is 14.6. The van der Waals surface area contributed by atoms with Gasteiger partial charge >= 0.3 is 5.97 Å². The first-order chi connectivity index (χ1) is 41.4. The zero-order chi connectivity index (χ0) is 64.2. The number of fused-ring (bicyclic) bond motifs is 4. The van der Waals surface area contributed by atoms with Gasteiger partial charge in [0, 0.05) is 13.0 Å². The Balaban J connectivity index is 0.873. The first-order valence-corrected chi connectivity index (χ1v) is 31.4. The van der Waals surface area contributed by atoms with Gasteiger partial charge in [0.2, 0.25) is 0 Å². The summed E-state index contributed by atoms with van der Waals surface area (Å²) in [6.45, 7) is 13.1. The van der Waals surface area contributed by atoms with Crippen molar-refractivity contribution in [2.24, 2.45) is 45.3 Å². The summed E-state index contributed by atoms with van der Waals surface area (Å²) in [7, 11) is 1.19. The van der Waals surface area contributed by atoms with Crippen molar-refractivity contribution in [1.29, 1.82) is 0 Å². The smallest absolute Gasteiger partial charge is 0.316 e. The normalized spacial score (nSPS) is 53.1. The highest BCUT2D eigenvalue weighted by Gasteiger charge is 2.80. The SMILES string of the molecule is CO[C@@H]1[C@@H](O)[C@H](O[C@@H]2[C@@H](O)[C@H](O[C@H]3[C@H](O)[C@@H](O)[C@H](O[C@H]4[C@H](O[C@H]5CC[C@]6(C)C7=C[C@H](O)[C@]89C(=O)O[C@@](C)([C@H](O)CCC(C)C)[C@H]8CC[C@@]9(C)[C@@H]7CC[C@H]6C5(C)C)OC[C@@H](O[C@@H]5O[C@H](CO)[C@@H](O)[C@H](O)[C@H]5O)[C@@H]4O)O[C@@H]3C)O[C@H](CO)[C@H]2O)O[C@H](CO)[C@H]1O. The maximum Gasteiger partial charge on any atom is 0.316 e. The standard InChI is InChI=1S/C60H98O28/c1-23(2)10-13-33(64)59(8)32-14-17-58(7)25-11-12-31-56(4,5)35(15-16-57(31,6)26(25)18-34(65)60(32,58)55(76)88-59)84-54-49(39(69)30(22-78-54)83-51-42(72)40(70)36(66)27(19-61)80-51)87-50-43(73)41(71)46(24(3)79-50)85-53-45(75)48(38(68)29(21-63)82-53)86-52-44(74)47(77-9)37(67)28(20-62)81-52/h18,23-25,27-54,61-75H,10-17,19-22H2,1-9H3/t24-,25-,27-,28-,29-,30-,31+,32-,33-,34+,35+,36-,37-,38-,39+,40+,41-,42-,43-,44-,45-,46-,47+,48+,49-,50+,51+,52+,53+,54+,57-,58+,59-,60+/m1/s1. The van der Waals surface area contributed by atoms with Crippen molar-refractivity contribution in [3.63, 3.8) is 0 Å². The van der Waals surface area contributed by atoms with Crippen LogP contribution in [-0.4, -0.2) is 287 Å². The van der Waals surface area contributed by atoms with Crippen molar-refractivity contribution >= 4 is 5.97 Å². The summed E-state index contributed by atoms with van der Waals surface area (Å²) in [5.74, 6) is -0.715. The van der Waals surface area contributed by atoms with Crippen molar-refractivity contribution in [1.82, 2.24) is 0 Å². The lowest BCUT2D eigenvalue weighted by Crippen LogP contribution is -2.67. The number of aliphatic hydroxyl groups excluding tert-OH is 15. The predicted octanol–water partition coefficient (Wildman–Crippen LogP) is -3.54. The molecule has 34 atom stereocenters. The van der Waals surface area contributed by atoms with Crippen molar-refractivity contribution in [2.45, 2.75) is 278 Å². The monoisotopic (exact) mass is 1270 g/mol. The number of hydrogen-bond acceptors (Lipinski definition) is 28. The number of carbonyl (C=O) groups excluding carboxylic acids is 1. The Morgan fingerprint density at radius 2 is 1.12 bits per heavy atom. The molecule has 0 amide bonds. The van der Waals surface area contributed by atoms with Crippen LogP contribution < -0.4 is 0 Å². The molecule has 4 aliphatic carbocycles. The molecule has 1 spiro atoms. The quantitative estimate of drug-likeness (QED) is 0.0359. The van der Waals surface area contributed by atoms with Gasteiger partial charge in [0.1, 0.15) is 121 Å². The van der Waals surface area contributed by atoms with Crippen LogP contribution in [0, 0.1) is 45.3 Å². The van der Waals surface area contributed by atoms with Crippen LogP contribution in [0.1, 0.15) is 107 Å². The van der Waals surface area contributed by atoms with Crippen LogP contribution in [0.3, 0.4) is 0 Å². The van der Waals surface area contributed by atoms with Gasteiger partial charge < -0.3 is 133 Å². The lowest BCUT2D eigenvalue weighted by molar-refractivity contribution is -0.394. The molecule has 9 fully saturated rings. The van der Waals surface area contributed by atoms with Crippen molar-refractivity contribution in [3.8, 4) is 0 Å². The van der Waals surface area contributed by atoms with Crippen LogP contribution in [0.5, 0.6) is 0 Å². The van der Waals surface area contributed by atoms with E-state index < -0.39 is 231 Å². The van der Waals surface area contributed by atoms with E-state index in [4.69, 9.17) is 56.8 Å². The predicted molar refractivity (Wildman–Crippen MR) is 296 cm³/mol. The van der Waals surface area contributed by atoms with E-state index in [2.05, 4.69) is 41.5 Å². The third kappa shape index (κ3) is 11.3. The van der Waals surface area contributed by atoms with Gasteiger partial charge in [-0.25, -0.2) is 0 Å². The van der Waals surface area contributed by atoms with E-state index in [0.29, 0.717) is 50.9 Å². The summed E-state index contributed by atoms with van der Waals surface area (Å²) in [4.78, 5) is 14.6. The Bertz CT molecular complexity index is 2420. The molecule has 0 aromatic carbocycles. The first kappa shape index (κ1) is 69.0. The summed E-state index contributed by atoms with van der Waals surface area (Å²) in [6.07, 6.45) is -36.1. The summed E-state index contributed by atoms with van der Waals surface area (Å²) >= 11 is 0. The Kier molecular flexibility index (Phi) is 20.4. The molecule has 10 aliphatic rings. The number of cyclic esters (lactones) is 1. The van der Waals surface area contributed by atoms with Gasteiger partial charge in [0.15, 0.2) is 31.5 Å². The molecule has 15 N–H and O–H groups in total. The van der Waals surface area contributed by atoms with E-state index >= 15 is 0 Å². The lowest BCUT2D eigenvalue weighted by atomic mass is 9.40. The largest absolute Gasteiger partial charge is 0.456 e. The van der Waals surface area contributed by atoms with Gasteiger partial charge in [-0.1, -0.05) is 53.2 Å². The Morgan fingerprint density at radius 1 is 0.568 bits per heavy atom. The van der Waals surface area contributed by atoms with Crippen molar-refractivity contribution in [3.05, 3.63) is 11.6 Å². The molecule has 0 aromatic rings. The van der Waals surface area contributed by atoms with E-state index in [1.54, 1.807) is 0 Å². The van der Waals surface area contributed by atoms with E-state index in [1.807, 2.05) is 13.0 Å². The van der Waals surface area contributed by atoms with Gasteiger partial charge in [-0.3, -0.25) is 4.79 Å². The maximum atomic E-state index is 14.6. The highest BCUT2D eigenvalue weighted by Crippen LogP contribution is 2.76. The number of methoxy groups -OCH3 is 1. The second kappa shape index (κ2) is 26.1. The summed E-state index contributed by atoms with van der Waals surface area (Å²) < 4.78 is 72.2. The minimum atomic E-state index is -2.03. The third-order valence-electron chi connectivity index (χ3n) is 22.7. The Morgan fingerprint density at radius 3 is 1.74 bits per heavy atom. The number of allylic oxidation sites excluding steroid dienone is 1. The van der Waals surface area contributed by atoms with Crippen LogP contribution in [0.4, 0.5) is 0 Å². The van der Waals surface area contributed by atoms with Gasteiger partial charge in [-0.2, -0.15) is 0 Å². The van der Waals surface area contributed by atoms with E-state index in [1.165, 1.54) is 14.0 Å². The average Bonchev–Trinajstić information content (AvgIpc) is 1.44. The summed E-state index contributed by atoms with van der Waals surface area (Å²) in [5.41, 5.74) is -3.22. The second-order valence-corrected chi connectivity index (χ2v) is 28.3. The van der Waals surface area contributed by atoms with Crippen molar-refractivity contribution in [2.75, 3.05) is 33.5 Å². The van der Waals surface area contributed by atoms with Crippen LogP contribution >= 0.6 is 0 Å². The third-order valence-corrected chi connectivity index (χ3v) is 22.7. The number of ether oxygens (including phenoxy) is 12. The number of aliphatic hydroxyl groups is 15. The minimum absolute atomic E-state index is 0.0826. The number of hydrogen-bond donors (Lipinski definition) is 15. The van der Waals surface area contributed by atoms with Crippen LogP contribution in [-0.2, 0) is 61.6 Å². The molecule has 6 saturated heterocycles. The molecule has 6 aliphatic heterocycles. The highest BCUT2D eigenvalue weighted by atomic mass is 16.8. The molecule has 0 radical (unpaired) electrons. The highest BCUT2D eigenvalue weighted by molar-refractivity contribution is 5.84. The lowest BCUT2D eigenvalue weighted by Gasteiger charge is -2.64. The number of esters is 1. The molecule has 10 rings (SSSR count). The molecule has 28 heteroatoms. The Labute approximate surface area is 511 Å². The van der Waals surface area contributed by atoms with Gasteiger partial charge in [0.05, 0.1) is 50.8 Å². The summed E-state index contributed by atoms with van der Waals surface area (Å²) in [6, 6.07) is 0. The van der Waals surface area contributed by atoms with E-state index in [9.17, 15) is 81.4 Å². The van der Waals surface area contributed by atoms with E-state index in [0.717, 1.165) is 12.0 Å².